The zero-order chi connectivity index (χ0) is 19.4. The molecule has 1 saturated heterocycles. The molecule has 0 radical (unpaired) electrons. The number of amides is 1. The highest BCUT2D eigenvalue weighted by molar-refractivity contribution is 5.95. The van der Waals surface area contributed by atoms with Crippen molar-refractivity contribution in [1.29, 1.82) is 0 Å². The van der Waals surface area contributed by atoms with Crippen molar-refractivity contribution in [3.05, 3.63) is 58.6 Å². The minimum atomic E-state index is -0.502. The number of carbonyl (C=O) groups is 1. The Balaban J connectivity index is 1.61. The number of nitrogens with one attached hydrogen (secondary N) is 2. The van der Waals surface area contributed by atoms with Crippen LogP contribution in [0.1, 0.15) is 6.92 Å². The number of carbonyl (C=O) groups excluding carboxylic acids is 1. The molecule has 0 bridgehead atoms. The molecule has 142 valence electrons. The Bertz CT molecular complexity index is 834. The molecular formula is C19H23N4O4+. The zero-order valence-corrected chi connectivity index (χ0v) is 15.1. The number of phenols is 1. The fraction of sp³-hybridized carbons (Fsp3) is 0.316. The number of piperazine rings is 1. The number of benzene rings is 2. The number of phenolic OH excluding ortho intramolecular Hbond substituents is 1. The second kappa shape index (κ2) is 8.05. The fourth-order valence-corrected chi connectivity index (χ4v) is 3.36. The number of nitro benzene ring substituents is 1. The lowest BCUT2D eigenvalue weighted by molar-refractivity contribution is -0.914. The second-order valence-corrected chi connectivity index (χ2v) is 6.62. The topological polar surface area (TPSA) is 100 Å². The highest BCUT2D eigenvalue weighted by Gasteiger charge is 2.30. The molecule has 0 aliphatic carbocycles. The van der Waals surface area contributed by atoms with Crippen LogP contribution < -0.4 is 15.1 Å². The molecule has 1 aliphatic heterocycles. The van der Waals surface area contributed by atoms with Crippen LogP contribution in [0.25, 0.3) is 0 Å². The Morgan fingerprint density at radius 3 is 2.48 bits per heavy atom. The van der Waals surface area contributed by atoms with E-state index in [4.69, 9.17) is 0 Å². The van der Waals surface area contributed by atoms with E-state index in [2.05, 4.69) is 10.2 Å². The number of nitrogens with zero attached hydrogens (tertiary/aromatic N) is 2. The van der Waals surface area contributed by atoms with Gasteiger partial charge in [0.2, 0.25) is 0 Å². The smallest absolute Gasteiger partial charge is 0.292 e. The Morgan fingerprint density at radius 2 is 1.81 bits per heavy atom. The van der Waals surface area contributed by atoms with E-state index in [9.17, 15) is 20.0 Å². The van der Waals surface area contributed by atoms with Crippen LogP contribution in [-0.2, 0) is 4.79 Å². The van der Waals surface area contributed by atoms with E-state index in [1.807, 2.05) is 19.1 Å². The van der Waals surface area contributed by atoms with Gasteiger partial charge >= 0.3 is 0 Å². The summed E-state index contributed by atoms with van der Waals surface area (Å²) < 4.78 is 0. The summed E-state index contributed by atoms with van der Waals surface area (Å²) in [4.78, 5) is 26.4. The van der Waals surface area contributed by atoms with E-state index < -0.39 is 4.92 Å². The molecule has 1 amide bonds. The number of aromatic hydroxyl groups is 1. The SMILES string of the molecule is C[C@H](C(=O)Nc1ccccc1[N+](=O)[O-])[NH+]1CCN(c2ccccc2O)CC1. The predicted octanol–water partition coefficient (Wildman–Crippen LogP) is 1.03. The maximum atomic E-state index is 12.6. The third-order valence-electron chi connectivity index (χ3n) is 4.99. The van der Waals surface area contributed by atoms with Crippen molar-refractivity contribution < 1.29 is 19.7 Å². The number of hydrogen-bond donors (Lipinski definition) is 3. The van der Waals surface area contributed by atoms with Crippen molar-refractivity contribution in [2.24, 2.45) is 0 Å². The van der Waals surface area contributed by atoms with Crippen molar-refractivity contribution >= 4 is 23.0 Å². The van der Waals surface area contributed by atoms with E-state index >= 15 is 0 Å². The lowest BCUT2D eigenvalue weighted by Gasteiger charge is -2.36. The van der Waals surface area contributed by atoms with Gasteiger partial charge in [0, 0.05) is 6.07 Å². The highest BCUT2D eigenvalue weighted by atomic mass is 16.6. The van der Waals surface area contributed by atoms with Crippen LogP contribution in [0, 0.1) is 10.1 Å². The molecule has 8 nitrogen and oxygen atoms in total. The van der Waals surface area contributed by atoms with Gasteiger partial charge < -0.3 is 20.2 Å². The summed E-state index contributed by atoms with van der Waals surface area (Å²) in [7, 11) is 0. The van der Waals surface area contributed by atoms with Gasteiger partial charge in [0.25, 0.3) is 11.6 Å². The second-order valence-electron chi connectivity index (χ2n) is 6.62. The van der Waals surface area contributed by atoms with Gasteiger partial charge in [-0.15, -0.1) is 0 Å². The molecule has 0 saturated carbocycles. The lowest BCUT2D eigenvalue weighted by atomic mass is 10.1. The zero-order valence-electron chi connectivity index (χ0n) is 15.1. The Kier molecular flexibility index (Phi) is 5.56. The molecule has 0 spiro atoms. The summed E-state index contributed by atoms with van der Waals surface area (Å²) in [5, 5.41) is 23.8. The van der Waals surface area contributed by atoms with E-state index in [0.717, 1.165) is 36.8 Å². The van der Waals surface area contributed by atoms with Crippen molar-refractivity contribution in [3.8, 4) is 5.75 Å². The molecule has 1 aliphatic rings. The normalized spacial score (nSPS) is 16.0. The quantitative estimate of drug-likeness (QED) is 0.539. The molecule has 0 aromatic heterocycles. The van der Waals surface area contributed by atoms with Crippen LogP contribution in [0.4, 0.5) is 17.1 Å². The standard InChI is InChI=1S/C19H22N4O4/c1-14(19(25)20-15-6-2-3-7-16(15)23(26)27)21-10-12-22(13-11-21)17-8-4-5-9-18(17)24/h2-9,14,24H,10-13H2,1H3,(H,20,25)/p+1/t14-/m1/s1. The first-order valence-corrected chi connectivity index (χ1v) is 8.89. The van der Waals surface area contributed by atoms with E-state index in [1.165, 1.54) is 12.1 Å². The third-order valence-corrected chi connectivity index (χ3v) is 4.99. The lowest BCUT2D eigenvalue weighted by Crippen LogP contribution is -3.19. The number of nitro groups is 1. The maximum Gasteiger partial charge on any atom is 0.292 e. The first-order chi connectivity index (χ1) is 13.0. The van der Waals surface area contributed by atoms with Crippen molar-refractivity contribution in [3.63, 3.8) is 0 Å². The van der Waals surface area contributed by atoms with Crippen LogP contribution in [0.15, 0.2) is 48.5 Å². The number of quaternary nitrogens is 1. The molecule has 1 fully saturated rings. The van der Waals surface area contributed by atoms with Crippen LogP contribution >= 0.6 is 0 Å². The summed E-state index contributed by atoms with van der Waals surface area (Å²) in [6, 6.07) is 13.0. The van der Waals surface area contributed by atoms with E-state index in [1.54, 1.807) is 24.3 Å². The van der Waals surface area contributed by atoms with Crippen LogP contribution in [0.2, 0.25) is 0 Å². The van der Waals surface area contributed by atoms with Gasteiger partial charge in [0.05, 0.1) is 36.8 Å². The summed E-state index contributed by atoms with van der Waals surface area (Å²) in [5.41, 5.74) is 0.901. The first-order valence-electron chi connectivity index (χ1n) is 8.89. The van der Waals surface area contributed by atoms with E-state index in [-0.39, 0.29) is 29.1 Å². The molecule has 1 heterocycles. The Labute approximate surface area is 157 Å². The summed E-state index contributed by atoms with van der Waals surface area (Å²) >= 11 is 0. The number of hydrogen-bond acceptors (Lipinski definition) is 5. The molecule has 3 rings (SSSR count). The molecule has 2 aromatic carbocycles. The van der Waals surface area contributed by atoms with Gasteiger partial charge in [-0.1, -0.05) is 24.3 Å². The summed E-state index contributed by atoms with van der Waals surface area (Å²) in [6.45, 7) is 4.74. The highest BCUT2D eigenvalue weighted by Crippen LogP contribution is 2.26. The van der Waals surface area contributed by atoms with Crippen LogP contribution in [0.3, 0.4) is 0 Å². The minimum Gasteiger partial charge on any atom is -0.506 e. The third kappa shape index (κ3) is 4.17. The molecule has 3 N–H and O–H groups in total. The van der Waals surface area contributed by atoms with Gasteiger partial charge in [-0.2, -0.15) is 0 Å². The number of para-hydroxylation sites is 4. The monoisotopic (exact) mass is 371 g/mol. The molecule has 8 heteroatoms. The molecular weight excluding hydrogens is 348 g/mol. The van der Waals surface area contributed by atoms with Crippen LogP contribution in [-0.4, -0.2) is 48.2 Å². The van der Waals surface area contributed by atoms with Gasteiger partial charge in [-0.25, -0.2) is 0 Å². The average Bonchev–Trinajstić information content (AvgIpc) is 2.68. The van der Waals surface area contributed by atoms with Gasteiger partial charge in [-0.05, 0) is 25.1 Å². The summed E-state index contributed by atoms with van der Waals surface area (Å²) in [5.74, 6) is 0.0124. The van der Waals surface area contributed by atoms with Gasteiger partial charge in [0.1, 0.15) is 11.4 Å². The molecule has 2 aromatic rings. The van der Waals surface area contributed by atoms with Gasteiger partial charge in [-0.3, -0.25) is 14.9 Å². The first kappa shape index (κ1) is 18.7. The molecule has 0 unspecified atom stereocenters. The molecule has 27 heavy (non-hydrogen) atoms. The van der Waals surface area contributed by atoms with Crippen molar-refractivity contribution in [1.82, 2.24) is 0 Å². The number of rotatable bonds is 5. The Hall–Kier alpha value is -3.13. The van der Waals surface area contributed by atoms with Crippen molar-refractivity contribution in [2.45, 2.75) is 13.0 Å². The average molecular weight is 371 g/mol. The van der Waals surface area contributed by atoms with E-state index in [0.29, 0.717) is 0 Å². The fourth-order valence-electron chi connectivity index (χ4n) is 3.36. The van der Waals surface area contributed by atoms with Crippen molar-refractivity contribution in [2.75, 3.05) is 36.4 Å². The summed E-state index contributed by atoms with van der Waals surface area (Å²) in [6.07, 6.45) is 0. The van der Waals surface area contributed by atoms with Crippen LogP contribution in [0.5, 0.6) is 5.75 Å². The molecule has 1 atom stereocenters. The predicted molar refractivity (Wildman–Crippen MR) is 102 cm³/mol. The minimum absolute atomic E-state index is 0.113. The Morgan fingerprint density at radius 1 is 1.19 bits per heavy atom. The van der Waals surface area contributed by atoms with Gasteiger partial charge in [0.15, 0.2) is 6.04 Å². The largest absolute Gasteiger partial charge is 0.506 e. The maximum absolute atomic E-state index is 12.6. The number of anilines is 2.